The molecule has 0 fully saturated rings. The molecule has 5 heteroatoms. The lowest BCUT2D eigenvalue weighted by Crippen LogP contribution is -2.30. The first-order valence-electron chi connectivity index (χ1n) is 5.72. The highest BCUT2D eigenvalue weighted by Gasteiger charge is 2.05. The van der Waals surface area contributed by atoms with E-state index in [1.807, 2.05) is 0 Å². The molecule has 1 heterocycles. The maximum Gasteiger partial charge on any atom is 0.0897 e. The van der Waals surface area contributed by atoms with E-state index in [1.165, 1.54) is 10.4 Å². The monoisotopic (exact) mass is 259 g/mol. The molecule has 1 aromatic rings. The highest BCUT2D eigenvalue weighted by molar-refractivity contribution is 7.10. The summed E-state index contributed by atoms with van der Waals surface area (Å²) >= 11 is 1.73. The fraction of sp³-hybridized carbons (Fsp3) is 0.667. The zero-order valence-electron chi connectivity index (χ0n) is 10.4. The third-order valence-electron chi connectivity index (χ3n) is 2.38. The summed E-state index contributed by atoms with van der Waals surface area (Å²) in [7, 11) is 1.63. The predicted octanol–water partition coefficient (Wildman–Crippen LogP) is 1.17. The van der Waals surface area contributed by atoms with Crippen molar-refractivity contribution >= 4 is 11.3 Å². The van der Waals surface area contributed by atoms with Crippen LogP contribution in [0.4, 0.5) is 0 Å². The van der Waals surface area contributed by atoms with Crippen LogP contribution in [0.5, 0.6) is 0 Å². The average Bonchev–Trinajstić information content (AvgIpc) is 2.71. The van der Waals surface area contributed by atoms with Crippen molar-refractivity contribution in [1.82, 2.24) is 5.32 Å². The molecule has 1 atom stereocenters. The molecular formula is C12H21NO3S. The zero-order chi connectivity index (χ0) is 12.5. The van der Waals surface area contributed by atoms with Gasteiger partial charge in [-0.2, -0.15) is 0 Å². The fourth-order valence-electron chi connectivity index (χ4n) is 1.36. The number of thiophene rings is 1. The number of aliphatic hydroxyl groups is 1. The van der Waals surface area contributed by atoms with Gasteiger partial charge >= 0.3 is 0 Å². The minimum absolute atomic E-state index is 0.347. The van der Waals surface area contributed by atoms with Crippen LogP contribution in [0.15, 0.2) is 11.4 Å². The summed E-state index contributed by atoms with van der Waals surface area (Å²) in [6.45, 7) is 4.88. The van der Waals surface area contributed by atoms with Crippen LogP contribution in [-0.4, -0.2) is 44.7 Å². The molecule has 0 aromatic carbocycles. The maximum absolute atomic E-state index is 9.62. The second-order valence-electron chi connectivity index (χ2n) is 3.88. The van der Waals surface area contributed by atoms with E-state index in [9.17, 15) is 5.11 Å². The number of nitrogens with one attached hydrogen (secondary N) is 1. The van der Waals surface area contributed by atoms with Crippen molar-refractivity contribution in [3.8, 4) is 0 Å². The number of aryl methyl sites for hydroxylation is 1. The second kappa shape index (κ2) is 8.60. The normalized spacial score (nSPS) is 12.9. The number of ether oxygens (including phenoxy) is 2. The number of aliphatic hydroxyl groups excluding tert-OH is 1. The molecule has 0 aliphatic heterocycles. The number of hydrogen-bond donors (Lipinski definition) is 2. The lowest BCUT2D eigenvalue weighted by molar-refractivity contribution is 0.0137. The molecular weight excluding hydrogens is 238 g/mol. The van der Waals surface area contributed by atoms with Crippen LogP contribution < -0.4 is 5.32 Å². The van der Waals surface area contributed by atoms with Crippen LogP contribution in [0.2, 0.25) is 0 Å². The van der Waals surface area contributed by atoms with Gasteiger partial charge in [-0.1, -0.05) is 0 Å². The van der Waals surface area contributed by atoms with Crippen LogP contribution in [0.25, 0.3) is 0 Å². The quantitative estimate of drug-likeness (QED) is 0.654. The SMILES string of the molecule is COCCOCC(O)CNCc1sccc1C. The van der Waals surface area contributed by atoms with E-state index in [-0.39, 0.29) is 0 Å². The molecule has 0 bridgehead atoms. The van der Waals surface area contributed by atoms with Crippen LogP contribution in [0.3, 0.4) is 0 Å². The molecule has 4 nitrogen and oxygen atoms in total. The van der Waals surface area contributed by atoms with Gasteiger partial charge in [-0.3, -0.25) is 0 Å². The highest BCUT2D eigenvalue weighted by atomic mass is 32.1. The van der Waals surface area contributed by atoms with Gasteiger partial charge in [-0.25, -0.2) is 0 Å². The standard InChI is InChI=1S/C12H21NO3S/c1-10-3-6-17-12(10)8-13-7-11(14)9-16-5-4-15-2/h3,6,11,13-14H,4-5,7-9H2,1-2H3. The van der Waals surface area contributed by atoms with E-state index in [1.54, 1.807) is 18.4 Å². The van der Waals surface area contributed by atoms with Gasteiger partial charge in [-0.15, -0.1) is 11.3 Å². The Bertz CT molecular complexity index is 304. The van der Waals surface area contributed by atoms with Gasteiger partial charge in [0.25, 0.3) is 0 Å². The predicted molar refractivity (Wildman–Crippen MR) is 69.5 cm³/mol. The highest BCUT2D eigenvalue weighted by Crippen LogP contribution is 2.14. The zero-order valence-corrected chi connectivity index (χ0v) is 11.3. The topological polar surface area (TPSA) is 50.7 Å². The van der Waals surface area contributed by atoms with E-state index in [0.29, 0.717) is 26.4 Å². The van der Waals surface area contributed by atoms with Gasteiger partial charge in [0.15, 0.2) is 0 Å². The molecule has 0 saturated heterocycles. The van der Waals surface area contributed by atoms with E-state index in [0.717, 1.165) is 6.54 Å². The summed E-state index contributed by atoms with van der Waals surface area (Å²) in [5, 5.41) is 14.9. The Morgan fingerprint density at radius 3 is 2.94 bits per heavy atom. The van der Waals surface area contributed by atoms with Gasteiger partial charge in [0.1, 0.15) is 0 Å². The van der Waals surface area contributed by atoms with Gasteiger partial charge in [0, 0.05) is 25.1 Å². The van der Waals surface area contributed by atoms with E-state index in [2.05, 4.69) is 23.7 Å². The Balaban J connectivity index is 2.04. The van der Waals surface area contributed by atoms with Crippen molar-refractivity contribution in [2.75, 3.05) is 33.5 Å². The van der Waals surface area contributed by atoms with Crippen LogP contribution in [0, 0.1) is 6.92 Å². The lowest BCUT2D eigenvalue weighted by Gasteiger charge is -2.12. The average molecular weight is 259 g/mol. The molecule has 0 saturated carbocycles. The van der Waals surface area contributed by atoms with Gasteiger partial charge < -0.3 is 19.9 Å². The first kappa shape index (κ1) is 14.6. The largest absolute Gasteiger partial charge is 0.389 e. The first-order chi connectivity index (χ1) is 8.24. The van der Waals surface area contributed by atoms with Crippen LogP contribution >= 0.6 is 11.3 Å². The van der Waals surface area contributed by atoms with Gasteiger partial charge in [-0.05, 0) is 23.9 Å². The smallest absolute Gasteiger partial charge is 0.0897 e. The van der Waals surface area contributed by atoms with Crippen molar-refractivity contribution in [3.05, 3.63) is 21.9 Å². The molecule has 1 rings (SSSR count). The van der Waals surface area contributed by atoms with Crippen molar-refractivity contribution in [3.63, 3.8) is 0 Å². The summed E-state index contributed by atoms with van der Waals surface area (Å²) in [5.74, 6) is 0. The molecule has 0 amide bonds. The van der Waals surface area contributed by atoms with E-state index in [4.69, 9.17) is 9.47 Å². The minimum Gasteiger partial charge on any atom is -0.389 e. The fourth-order valence-corrected chi connectivity index (χ4v) is 2.23. The molecule has 2 N–H and O–H groups in total. The molecule has 98 valence electrons. The molecule has 0 radical (unpaired) electrons. The van der Waals surface area contributed by atoms with Crippen molar-refractivity contribution in [1.29, 1.82) is 0 Å². The van der Waals surface area contributed by atoms with Crippen molar-refractivity contribution < 1.29 is 14.6 Å². The third-order valence-corrected chi connectivity index (χ3v) is 3.40. The summed E-state index contributed by atoms with van der Waals surface area (Å²) in [4.78, 5) is 1.32. The van der Waals surface area contributed by atoms with E-state index >= 15 is 0 Å². The Kier molecular flexibility index (Phi) is 7.39. The Morgan fingerprint density at radius 1 is 1.47 bits per heavy atom. The van der Waals surface area contributed by atoms with Crippen molar-refractivity contribution in [2.24, 2.45) is 0 Å². The van der Waals surface area contributed by atoms with E-state index < -0.39 is 6.10 Å². The molecule has 17 heavy (non-hydrogen) atoms. The summed E-state index contributed by atoms with van der Waals surface area (Å²) < 4.78 is 10.1. The maximum atomic E-state index is 9.62. The molecule has 1 unspecified atom stereocenters. The number of methoxy groups -OCH3 is 1. The number of rotatable bonds is 9. The summed E-state index contributed by atoms with van der Waals surface area (Å²) in [6.07, 6.45) is -0.466. The Hall–Kier alpha value is -0.460. The molecule has 0 aliphatic carbocycles. The number of hydrogen-bond acceptors (Lipinski definition) is 5. The first-order valence-corrected chi connectivity index (χ1v) is 6.60. The summed E-state index contributed by atoms with van der Waals surface area (Å²) in [6, 6.07) is 2.10. The Labute approximate surface area is 107 Å². The van der Waals surface area contributed by atoms with Gasteiger partial charge in [0.2, 0.25) is 0 Å². The molecule has 0 spiro atoms. The van der Waals surface area contributed by atoms with Crippen LogP contribution in [-0.2, 0) is 16.0 Å². The lowest BCUT2D eigenvalue weighted by atomic mass is 10.3. The Morgan fingerprint density at radius 2 is 2.29 bits per heavy atom. The molecule has 1 aromatic heterocycles. The second-order valence-corrected chi connectivity index (χ2v) is 4.88. The van der Waals surface area contributed by atoms with Crippen LogP contribution in [0.1, 0.15) is 10.4 Å². The molecule has 0 aliphatic rings. The van der Waals surface area contributed by atoms with Crippen molar-refractivity contribution in [2.45, 2.75) is 19.6 Å². The minimum atomic E-state index is -0.466. The third kappa shape index (κ3) is 6.14. The summed E-state index contributed by atoms with van der Waals surface area (Å²) in [5.41, 5.74) is 1.30. The van der Waals surface area contributed by atoms with Gasteiger partial charge in [0.05, 0.1) is 25.9 Å².